The molecule has 0 atom stereocenters. The molecule has 4 heteroatoms. The predicted molar refractivity (Wildman–Crippen MR) is 84.0 cm³/mol. The Labute approximate surface area is 121 Å². The molecule has 20 heavy (non-hydrogen) atoms. The van der Waals surface area contributed by atoms with Gasteiger partial charge in [0, 0.05) is 11.1 Å². The van der Waals surface area contributed by atoms with Crippen molar-refractivity contribution >= 4 is 16.3 Å². The number of nitrogens with two attached hydrogens (primary N) is 1. The van der Waals surface area contributed by atoms with E-state index in [1.807, 2.05) is 54.6 Å². The van der Waals surface area contributed by atoms with Crippen molar-refractivity contribution in [3.63, 3.8) is 0 Å². The molecular weight excluding hydrogens is 268 g/mol. The van der Waals surface area contributed by atoms with Crippen LogP contribution in [0.1, 0.15) is 0 Å². The van der Waals surface area contributed by atoms with Gasteiger partial charge in [0.15, 0.2) is 0 Å². The molecule has 1 heterocycles. The number of hydrogen-bond donors (Lipinski definition) is 1. The number of methoxy groups -OCH3 is 1. The molecule has 1 aromatic heterocycles. The number of hydrogen-bond acceptors (Lipinski definition) is 4. The van der Waals surface area contributed by atoms with Crippen molar-refractivity contribution in [2.75, 3.05) is 12.8 Å². The fourth-order valence-corrected chi connectivity index (χ4v) is 2.85. The quantitative estimate of drug-likeness (QED) is 0.787. The highest BCUT2D eigenvalue weighted by Crippen LogP contribution is 2.36. The fourth-order valence-electron chi connectivity index (χ4n) is 1.99. The predicted octanol–water partition coefficient (Wildman–Crippen LogP) is 4.07. The lowest BCUT2D eigenvalue weighted by molar-refractivity contribution is 0.415. The first-order valence-electron chi connectivity index (χ1n) is 6.24. The summed E-state index contributed by atoms with van der Waals surface area (Å²) in [6.07, 6.45) is 0. The van der Waals surface area contributed by atoms with E-state index < -0.39 is 0 Å². The van der Waals surface area contributed by atoms with Gasteiger partial charge in [-0.15, -0.1) is 0 Å². The summed E-state index contributed by atoms with van der Waals surface area (Å²) < 4.78 is 5.16. The van der Waals surface area contributed by atoms with Crippen molar-refractivity contribution in [3.8, 4) is 27.6 Å². The lowest BCUT2D eigenvalue weighted by Gasteiger charge is -2.00. The fraction of sp³-hybridized carbons (Fsp3) is 0.0625. The third-order valence-corrected chi connectivity index (χ3v) is 3.97. The standard InChI is InChI=1S/C16H14N2OS/c1-19-13-9-7-12(8-10-13)16-18-14(15(17)20-16)11-5-3-2-4-6-11/h2-10H,17H2,1H3. The number of ether oxygens (including phenoxy) is 1. The monoisotopic (exact) mass is 282 g/mol. The summed E-state index contributed by atoms with van der Waals surface area (Å²) in [5, 5.41) is 1.66. The van der Waals surface area contributed by atoms with Gasteiger partial charge in [-0.25, -0.2) is 4.98 Å². The van der Waals surface area contributed by atoms with Crippen molar-refractivity contribution in [3.05, 3.63) is 54.6 Å². The van der Waals surface area contributed by atoms with E-state index >= 15 is 0 Å². The van der Waals surface area contributed by atoms with Crippen LogP contribution in [-0.4, -0.2) is 12.1 Å². The van der Waals surface area contributed by atoms with Crippen LogP contribution in [-0.2, 0) is 0 Å². The molecule has 3 aromatic rings. The molecule has 0 bridgehead atoms. The maximum atomic E-state index is 6.10. The Morgan fingerprint density at radius 2 is 1.65 bits per heavy atom. The molecule has 0 fully saturated rings. The normalized spacial score (nSPS) is 10.4. The van der Waals surface area contributed by atoms with Gasteiger partial charge in [-0.1, -0.05) is 41.7 Å². The molecule has 0 unspecified atom stereocenters. The molecular formula is C16H14N2OS. The van der Waals surface area contributed by atoms with Crippen molar-refractivity contribution in [1.82, 2.24) is 4.98 Å². The molecule has 100 valence electrons. The van der Waals surface area contributed by atoms with Crippen LogP contribution in [0.5, 0.6) is 5.75 Å². The lowest BCUT2D eigenvalue weighted by Crippen LogP contribution is -1.85. The van der Waals surface area contributed by atoms with Gasteiger partial charge in [0.25, 0.3) is 0 Å². The van der Waals surface area contributed by atoms with E-state index in [1.54, 1.807) is 7.11 Å². The molecule has 0 saturated heterocycles. The summed E-state index contributed by atoms with van der Waals surface area (Å²) in [7, 11) is 1.66. The van der Waals surface area contributed by atoms with E-state index in [-0.39, 0.29) is 0 Å². The summed E-state index contributed by atoms with van der Waals surface area (Å²) in [4.78, 5) is 4.66. The highest BCUT2D eigenvalue weighted by Gasteiger charge is 2.11. The van der Waals surface area contributed by atoms with E-state index in [9.17, 15) is 0 Å². The average Bonchev–Trinajstić information content (AvgIpc) is 2.90. The molecule has 0 aliphatic carbocycles. The summed E-state index contributed by atoms with van der Waals surface area (Å²) in [6, 6.07) is 17.8. The zero-order chi connectivity index (χ0) is 13.9. The minimum Gasteiger partial charge on any atom is -0.497 e. The second kappa shape index (κ2) is 5.35. The first-order chi connectivity index (χ1) is 9.78. The zero-order valence-corrected chi connectivity index (χ0v) is 11.9. The molecule has 2 aromatic carbocycles. The molecule has 3 nitrogen and oxygen atoms in total. The number of aromatic nitrogens is 1. The van der Waals surface area contributed by atoms with Crippen molar-refractivity contribution in [2.24, 2.45) is 0 Å². The van der Waals surface area contributed by atoms with Gasteiger partial charge >= 0.3 is 0 Å². The first kappa shape index (κ1) is 12.7. The van der Waals surface area contributed by atoms with E-state index in [1.165, 1.54) is 11.3 Å². The number of thiazole rings is 1. The van der Waals surface area contributed by atoms with Gasteiger partial charge < -0.3 is 10.5 Å². The van der Waals surface area contributed by atoms with Gasteiger partial charge in [-0.05, 0) is 24.3 Å². The third kappa shape index (κ3) is 2.38. The number of nitrogens with zero attached hydrogens (tertiary/aromatic N) is 1. The van der Waals surface area contributed by atoms with Crippen LogP contribution < -0.4 is 10.5 Å². The van der Waals surface area contributed by atoms with Crippen molar-refractivity contribution < 1.29 is 4.74 Å². The van der Waals surface area contributed by atoms with E-state index in [0.717, 1.165) is 32.6 Å². The Hall–Kier alpha value is -2.33. The number of nitrogen functional groups attached to an aromatic ring is 1. The van der Waals surface area contributed by atoms with Crippen LogP contribution in [0.25, 0.3) is 21.8 Å². The first-order valence-corrected chi connectivity index (χ1v) is 7.06. The SMILES string of the molecule is COc1ccc(-c2nc(-c3ccccc3)c(N)s2)cc1. The maximum Gasteiger partial charge on any atom is 0.126 e. The van der Waals surface area contributed by atoms with E-state index in [2.05, 4.69) is 4.98 Å². The Morgan fingerprint density at radius 3 is 2.30 bits per heavy atom. The molecule has 0 aliphatic heterocycles. The number of benzene rings is 2. The van der Waals surface area contributed by atoms with E-state index in [0.29, 0.717) is 0 Å². The average molecular weight is 282 g/mol. The Bertz CT molecular complexity index is 705. The van der Waals surface area contributed by atoms with Crippen LogP contribution in [0.15, 0.2) is 54.6 Å². The number of rotatable bonds is 3. The molecule has 2 N–H and O–H groups in total. The van der Waals surface area contributed by atoms with Crippen LogP contribution >= 0.6 is 11.3 Å². The summed E-state index contributed by atoms with van der Waals surface area (Å²) in [5.74, 6) is 0.835. The molecule has 0 aliphatic rings. The molecule has 0 spiro atoms. The van der Waals surface area contributed by atoms with Crippen LogP contribution in [0.3, 0.4) is 0 Å². The van der Waals surface area contributed by atoms with E-state index in [4.69, 9.17) is 10.5 Å². The highest BCUT2D eigenvalue weighted by molar-refractivity contribution is 7.19. The molecule has 3 rings (SSSR count). The van der Waals surface area contributed by atoms with Crippen molar-refractivity contribution in [2.45, 2.75) is 0 Å². The Morgan fingerprint density at radius 1 is 0.950 bits per heavy atom. The summed E-state index contributed by atoms with van der Waals surface area (Å²) >= 11 is 1.50. The summed E-state index contributed by atoms with van der Waals surface area (Å²) in [5.41, 5.74) is 9.04. The minimum atomic E-state index is 0.738. The van der Waals surface area contributed by atoms with Crippen LogP contribution in [0.2, 0.25) is 0 Å². The minimum absolute atomic E-state index is 0.738. The topological polar surface area (TPSA) is 48.1 Å². The highest BCUT2D eigenvalue weighted by atomic mass is 32.1. The van der Waals surface area contributed by atoms with Crippen LogP contribution in [0.4, 0.5) is 5.00 Å². The van der Waals surface area contributed by atoms with Gasteiger partial charge in [0.2, 0.25) is 0 Å². The third-order valence-electron chi connectivity index (χ3n) is 3.04. The number of anilines is 1. The second-order valence-corrected chi connectivity index (χ2v) is 5.36. The summed E-state index contributed by atoms with van der Waals surface area (Å²) in [6.45, 7) is 0. The van der Waals surface area contributed by atoms with Crippen LogP contribution in [0, 0.1) is 0 Å². The molecule has 0 amide bonds. The lowest BCUT2D eigenvalue weighted by atomic mass is 10.1. The zero-order valence-electron chi connectivity index (χ0n) is 11.0. The van der Waals surface area contributed by atoms with Gasteiger partial charge in [-0.2, -0.15) is 0 Å². The second-order valence-electron chi connectivity index (χ2n) is 4.33. The Balaban J connectivity index is 2.00. The Kier molecular flexibility index (Phi) is 3.39. The van der Waals surface area contributed by atoms with Crippen molar-refractivity contribution in [1.29, 1.82) is 0 Å². The largest absolute Gasteiger partial charge is 0.497 e. The van der Waals surface area contributed by atoms with Gasteiger partial charge in [0.05, 0.1) is 7.11 Å². The van der Waals surface area contributed by atoms with Gasteiger partial charge in [-0.3, -0.25) is 0 Å². The van der Waals surface area contributed by atoms with Gasteiger partial charge in [0.1, 0.15) is 21.5 Å². The molecule has 0 radical (unpaired) electrons. The molecule has 0 saturated carbocycles. The maximum absolute atomic E-state index is 6.10. The smallest absolute Gasteiger partial charge is 0.126 e.